The van der Waals surface area contributed by atoms with Crippen molar-refractivity contribution in [2.45, 2.75) is 24.1 Å². The molecule has 3 rings (SSSR count). The third kappa shape index (κ3) is 2.88. The summed E-state index contributed by atoms with van der Waals surface area (Å²) in [5, 5.41) is 14.2. The molecule has 0 fully saturated rings. The largest absolute Gasteiger partial charge is 0.360 e. The summed E-state index contributed by atoms with van der Waals surface area (Å²) in [6.07, 6.45) is 4.23. The van der Waals surface area contributed by atoms with Crippen LogP contribution in [0.4, 0.5) is 5.13 Å². The summed E-state index contributed by atoms with van der Waals surface area (Å²) in [6.45, 7) is 3.04. The van der Waals surface area contributed by atoms with Crippen molar-refractivity contribution in [2.75, 3.05) is 11.9 Å². The first-order valence-corrected chi connectivity index (χ1v) is 8.00. The van der Waals surface area contributed by atoms with E-state index in [1.165, 1.54) is 6.33 Å². The Bertz CT molecular complexity index is 693. The van der Waals surface area contributed by atoms with Gasteiger partial charge in [-0.05, 0) is 6.42 Å². The molecule has 3 aromatic rings. The zero-order chi connectivity index (χ0) is 13.8. The maximum absolute atomic E-state index is 4.27. The van der Waals surface area contributed by atoms with E-state index in [0.29, 0.717) is 5.65 Å². The maximum atomic E-state index is 4.27. The fourth-order valence-electron chi connectivity index (χ4n) is 1.60. The van der Waals surface area contributed by atoms with Crippen LogP contribution in [0, 0.1) is 0 Å². The predicted molar refractivity (Wildman–Crippen MR) is 79.9 cm³/mol. The lowest BCUT2D eigenvalue weighted by Gasteiger charge is -1.98. The van der Waals surface area contributed by atoms with Gasteiger partial charge in [-0.15, -0.1) is 10.2 Å². The molecule has 104 valence electrons. The van der Waals surface area contributed by atoms with Gasteiger partial charge in [0.05, 0.1) is 12.1 Å². The number of aromatic amines is 1. The Morgan fingerprint density at radius 1 is 1.30 bits per heavy atom. The summed E-state index contributed by atoms with van der Waals surface area (Å²) in [6, 6.07) is 0. The summed E-state index contributed by atoms with van der Waals surface area (Å²) in [7, 11) is 0. The molecule has 20 heavy (non-hydrogen) atoms. The summed E-state index contributed by atoms with van der Waals surface area (Å²) in [5.41, 5.74) is 1.55. The normalized spacial score (nSPS) is 11.1. The smallest absolute Gasteiger partial charge is 0.205 e. The van der Waals surface area contributed by atoms with Crippen LogP contribution in [0.2, 0.25) is 0 Å². The van der Waals surface area contributed by atoms with E-state index in [1.807, 2.05) is 0 Å². The molecule has 0 unspecified atom stereocenters. The number of nitrogens with one attached hydrogen (secondary N) is 2. The molecule has 0 atom stereocenters. The number of anilines is 1. The Labute approximate surface area is 123 Å². The van der Waals surface area contributed by atoms with E-state index in [0.717, 1.165) is 39.4 Å². The Morgan fingerprint density at radius 3 is 3.15 bits per heavy atom. The van der Waals surface area contributed by atoms with Crippen molar-refractivity contribution in [3.8, 4) is 0 Å². The zero-order valence-electron chi connectivity index (χ0n) is 10.8. The van der Waals surface area contributed by atoms with E-state index in [9.17, 15) is 0 Å². The van der Waals surface area contributed by atoms with Gasteiger partial charge < -0.3 is 10.3 Å². The molecule has 0 saturated heterocycles. The predicted octanol–water partition coefficient (Wildman–Crippen LogP) is 2.32. The Balaban J connectivity index is 1.67. The molecule has 0 spiro atoms. The number of fused-ring (bicyclic) bond motifs is 1. The lowest BCUT2D eigenvalue weighted by molar-refractivity contribution is 0.958. The van der Waals surface area contributed by atoms with Crippen LogP contribution in [0.3, 0.4) is 0 Å². The summed E-state index contributed by atoms with van der Waals surface area (Å²) >= 11 is 3.18. The van der Waals surface area contributed by atoms with Crippen molar-refractivity contribution in [3.63, 3.8) is 0 Å². The molecule has 0 bridgehead atoms. The standard InChI is InChI=1S/C11H13N7S2/c1-2-3-12-11-18-17-7(20-11)4-19-10-8-9(14-5-13-8)15-6-16-10/h5-6H,2-4H2,1H3,(H,12,18)(H,13,14,15,16). The van der Waals surface area contributed by atoms with Crippen LogP contribution in [-0.2, 0) is 5.75 Å². The number of H-pyrrole nitrogens is 1. The average molecular weight is 307 g/mol. The van der Waals surface area contributed by atoms with E-state index in [4.69, 9.17) is 0 Å². The van der Waals surface area contributed by atoms with E-state index in [2.05, 4.69) is 42.4 Å². The van der Waals surface area contributed by atoms with Crippen LogP contribution in [0.1, 0.15) is 18.4 Å². The fourth-order valence-corrected chi connectivity index (χ4v) is 3.31. The minimum atomic E-state index is 0.685. The number of thioether (sulfide) groups is 1. The SMILES string of the molecule is CCCNc1nnc(CSc2ncnc3nc[nH]c23)s1. The van der Waals surface area contributed by atoms with Crippen molar-refractivity contribution in [1.29, 1.82) is 0 Å². The third-order valence-electron chi connectivity index (χ3n) is 2.51. The molecule has 3 heterocycles. The number of imidazole rings is 1. The van der Waals surface area contributed by atoms with Gasteiger partial charge in [0.25, 0.3) is 0 Å². The van der Waals surface area contributed by atoms with Crippen molar-refractivity contribution >= 4 is 39.4 Å². The van der Waals surface area contributed by atoms with Crippen molar-refractivity contribution in [3.05, 3.63) is 17.7 Å². The van der Waals surface area contributed by atoms with Gasteiger partial charge in [-0.1, -0.05) is 30.0 Å². The molecule has 7 nitrogen and oxygen atoms in total. The van der Waals surface area contributed by atoms with Crippen molar-refractivity contribution in [2.24, 2.45) is 0 Å². The van der Waals surface area contributed by atoms with Gasteiger partial charge >= 0.3 is 0 Å². The molecule has 0 radical (unpaired) electrons. The summed E-state index contributed by atoms with van der Waals surface area (Å²) < 4.78 is 0. The molecule has 0 aliphatic carbocycles. The first-order chi connectivity index (χ1) is 9.86. The molecule has 3 aromatic heterocycles. The van der Waals surface area contributed by atoms with Gasteiger partial charge in [0, 0.05) is 6.54 Å². The molecule has 0 aliphatic heterocycles. The van der Waals surface area contributed by atoms with Gasteiger partial charge in [0.15, 0.2) is 5.65 Å². The minimum absolute atomic E-state index is 0.685. The average Bonchev–Trinajstić information content (AvgIpc) is 3.11. The summed E-state index contributed by atoms with van der Waals surface area (Å²) in [4.78, 5) is 15.5. The monoisotopic (exact) mass is 307 g/mol. The molecular formula is C11H13N7S2. The molecule has 0 saturated carbocycles. The lowest BCUT2D eigenvalue weighted by Crippen LogP contribution is -1.98. The quantitative estimate of drug-likeness (QED) is 0.533. The molecular weight excluding hydrogens is 294 g/mol. The van der Waals surface area contributed by atoms with E-state index >= 15 is 0 Å². The molecule has 2 N–H and O–H groups in total. The Morgan fingerprint density at radius 2 is 2.25 bits per heavy atom. The first-order valence-electron chi connectivity index (χ1n) is 6.20. The van der Waals surface area contributed by atoms with Crippen LogP contribution < -0.4 is 5.32 Å². The van der Waals surface area contributed by atoms with Gasteiger partial charge in [0.2, 0.25) is 5.13 Å². The van der Waals surface area contributed by atoms with Crippen LogP contribution in [0.15, 0.2) is 17.7 Å². The van der Waals surface area contributed by atoms with Crippen LogP contribution in [0.25, 0.3) is 11.2 Å². The molecule has 9 heteroatoms. The molecule has 0 amide bonds. The highest BCUT2D eigenvalue weighted by Gasteiger charge is 2.09. The summed E-state index contributed by atoms with van der Waals surface area (Å²) in [5.74, 6) is 0.733. The zero-order valence-corrected chi connectivity index (χ0v) is 12.5. The second kappa shape index (κ2) is 6.14. The maximum Gasteiger partial charge on any atom is 0.205 e. The highest BCUT2D eigenvalue weighted by Crippen LogP contribution is 2.27. The first kappa shape index (κ1) is 13.3. The number of aromatic nitrogens is 6. The van der Waals surface area contributed by atoms with Crippen LogP contribution in [0.5, 0.6) is 0 Å². The van der Waals surface area contributed by atoms with Gasteiger partial charge in [0.1, 0.15) is 21.9 Å². The number of rotatable bonds is 6. The van der Waals surface area contributed by atoms with Gasteiger partial charge in [-0.2, -0.15) is 0 Å². The van der Waals surface area contributed by atoms with Gasteiger partial charge in [-0.25, -0.2) is 15.0 Å². The Hall–Kier alpha value is -1.74. The van der Waals surface area contributed by atoms with E-state index in [1.54, 1.807) is 29.4 Å². The second-order valence-corrected chi connectivity index (χ2v) is 6.02. The Kier molecular flexibility index (Phi) is 4.07. The van der Waals surface area contributed by atoms with Crippen LogP contribution >= 0.6 is 23.1 Å². The highest BCUT2D eigenvalue weighted by molar-refractivity contribution is 7.98. The topological polar surface area (TPSA) is 92.3 Å². The molecule has 0 aromatic carbocycles. The minimum Gasteiger partial charge on any atom is -0.360 e. The second-order valence-electron chi connectivity index (χ2n) is 4.00. The number of nitrogens with zero attached hydrogens (tertiary/aromatic N) is 5. The number of hydrogen-bond donors (Lipinski definition) is 2. The fraction of sp³-hybridized carbons (Fsp3) is 0.364. The van der Waals surface area contributed by atoms with Crippen LogP contribution in [-0.4, -0.2) is 36.7 Å². The molecule has 0 aliphatic rings. The van der Waals surface area contributed by atoms with E-state index < -0.39 is 0 Å². The van der Waals surface area contributed by atoms with Gasteiger partial charge in [-0.3, -0.25) is 0 Å². The van der Waals surface area contributed by atoms with E-state index in [-0.39, 0.29) is 0 Å². The van der Waals surface area contributed by atoms with Crippen molar-refractivity contribution < 1.29 is 0 Å². The third-order valence-corrected chi connectivity index (χ3v) is 4.58. The van der Waals surface area contributed by atoms with Crippen molar-refractivity contribution in [1.82, 2.24) is 30.1 Å². The highest BCUT2D eigenvalue weighted by atomic mass is 32.2. The number of hydrogen-bond acceptors (Lipinski definition) is 8. The lowest BCUT2D eigenvalue weighted by atomic mass is 10.5.